The van der Waals surface area contributed by atoms with E-state index in [-0.39, 0.29) is 18.2 Å². The third-order valence-electron chi connectivity index (χ3n) is 4.29. The van der Waals surface area contributed by atoms with Gasteiger partial charge in [-0.05, 0) is 30.3 Å². The minimum Gasteiger partial charge on any atom is -0.454 e. The first-order chi connectivity index (χ1) is 13.2. The van der Waals surface area contributed by atoms with Crippen LogP contribution in [0.1, 0.15) is 15.9 Å². The van der Waals surface area contributed by atoms with Crippen LogP contribution in [0, 0.1) is 11.3 Å². The number of carbonyl (C=O) groups excluding carboxylic acids is 1. The SMILES string of the molecule is N#Cc1cn2c(nc1NC(=O)c1ccc3c(c1)OCO3)nc1ccccc12. The van der Waals surface area contributed by atoms with E-state index in [4.69, 9.17) is 9.47 Å². The lowest BCUT2D eigenvalue weighted by atomic mass is 10.2. The van der Waals surface area contributed by atoms with Crippen LogP contribution < -0.4 is 14.8 Å². The van der Waals surface area contributed by atoms with Gasteiger partial charge in [-0.1, -0.05) is 12.1 Å². The van der Waals surface area contributed by atoms with E-state index in [2.05, 4.69) is 21.4 Å². The van der Waals surface area contributed by atoms with Crippen LogP contribution in [0.15, 0.2) is 48.7 Å². The van der Waals surface area contributed by atoms with E-state index in [1.807, 2.05) is 24.3 Å². The maximum absolute atomic E-state index is 12.6. The van der Waals surface area contributed by atoms with E-state index < -0.39 is 5.91 Å². The molecule has 1 aliphatic heterocycles. The highest BCUT2D eigenvalue weighted by Crippen LogP contribution is 2.32. The molecule has 1 amide bonds. The van der Waals surface area contributed by atoms with Gasteiger partial charge in [-0.3, -0.25) is 9.20 Å². The Hall–Kier alpha value is -4.12. The normalized spacial score (nSPS) is 12.3. The molecule has 0 spiro atoms. The van der Waals surface area contributed by atoms with Crippen molar-refractivity contribution in [1.82, 2.24) is 14.4 Å². The van der Waals surface area contributed by atoms with Crippen LogP contribution >= 0.6 is 0 Å². The zero-order valence-corrected chi connectivity index (χ0v) is 13.8. The van der Waals surface area contributed by atoms with Crippen molar-refractivity contribution in [1.29, 1.82) is 5.26 Å². The number of nitrogens with zero attached hydrogens (tertiary/aromatic N) is 4. The smallest absolute Gasteiger partial charge is 0.256 e. The molecule has 0 fully saturated rings. The minimum absolute atomic E-state index is 0.130. The van der Waals surface area contributed by atoms with E-state index in [0.29, 0.717) is 22.8 Å². The fourth-order valence-corrected chi connectivity index (χ4v) is 2.98. The Morgan fingerprint density at radius 1 is 1.15 bits per heavy atom. The maximum atomic E-state index is 12.6. The van der Waals surface area contributed by atoms with Crippen LogP contribution in [0.25, 0.3) is 16.8 Å². The monoisotopic (exact) mass is 357 g/mol. The second-order valence-electron chi connectivity index (χ2n) is 5.91. The second kappa shape index (κ2) is 5.71. The van der Waals surface area contributed by atoms with Gasteiger partial charge in [0.05, 0.1) is 11.0 Å². The number of imidazole rings is 1. The highest BCUT2D eigenvalue weighted by Gasteiger charge is 2.18. The number of nitrogens with one attached hydrogen (secondary N) is 1. The Labute approximate surface area is 152 Å². The first-order valence-corrected chi connectivity index (χ1v) is 8.12. The summed E-state index contributed by atoms with van der Waals surface area (Å²) in [6, 6.07) is 14.5. The highest BCUT2D eigenvalue weighted by molar-refractivity contribution is 6.05. The number of ether oxygens (including phenoxy) is 2. The third kappa shape index (κ3) is 2.41. The van der Waals surface area contributed by atoms with Crippen LogP contribution in [-0.2, 0) is 0 Å². The molecule has 0 unspecified atom stereocenters. The van der Waals surface area contributed by atoms with Gasteiger partial charge in [0.1, 0.15) is 11.6 Å². The van der Waals surface area contributed by atoms with Crippen molar-refractivity contribution in [2.75, 3.05) is 12.1 Å². The van der Waals surface area contributed by atoms with Gasteiger partial charge in [0, 0.05) is 11.8 Å². The number of anilines is 1. The molecule has 8 nitrogen and oxygen atoms in total. The van der Waals surface area contributed by atoms with Crippen molar-refractivity contribution in [2.24, 2.45) is 0 Å². The van der Waals surface area contributed by atoms with Gasteiger partial charge in [0.2, 0.25) is 12.6 Å². The molecule has 0 aliphatic carbocycles. The summed E-state index contributed by atoms with van der Waals surface area (Å²) in [6.45, 7) is 0.130. The lowest BCUT2D eigenvalue weighted by Crippen LogP contribution is -2.14. The Morgan fingerprint density at radius 3 is 2.89 bits per heavy atom. The van der Waals surface area contributed by atoms with E-state index >= 15 is 0 Å². The number of aromatic nitrogens is 3. The average molecular weight is 357 g/mol. The molecule has 1 aliphatic rings. The molecular weight excluding hydrogens is 346 g/mol. The van der Waals surface area contributed by atoms with E-state index in [0.717, 1.165) is 11.0 Å². The molecule has 1 N–H and O–H groups in total. The fourth-order valence-electron chi connectivity index (χ4n) is 2.98. The lowest BCUT2D eigenvalue weighted by Gasteiger charge is -2.07. The molecule has 8 heteroatoms. The fraction of sp³-hybridized carbons (Fsp3) is 0.0526. The standard InChI is InChI=1S/C19H11N5O3/c20-8-12-9-24-14-4-2-1-3-13(14)21-19(24)23-17(12)22-18(25)11-5-6-15-16(7-11)27-10-26-15/h1-7,9H,10H2,(H,21,22,23,25). The number of benzene rings is 2. The van der Waals surface area contributed by atoms with Crippen LogP contribution in [-0.4, -0.2) is 27.1 Å². The molecule has 2 aromatic carbocycles. The molecule has 0 saturated heterocycles. The predicted molar refractivity (Wildman–Crippen MR) is 95.7 cm³/mol. The van der Waals surface area contributed by atoms with Crippen LogP contribution in [0.2, 0.25) is 0 Å². The molecule has 130 valence electrons. The van der Waals surface area contributed by atoms with Crippen molar-refractivity contribution in [3.8, 4) is 17.6 Å². The summed E-state index contributed by atoms with van der Waals surface area (Å²) in [7, 11) is 0. The van der Waals surface area contributed by atoms with Crippen molar-refractivity contribution in [3.63, 3.8) is 0 Å². The Morgan fingerprint density at radius 2 is 2.00 bits per heavy atom. The van der Waals surface area contributed by atoms with Crippen LogP contribution in [0.4, 0.5) is 5.82 Å². The van der Waals surface area contributed by atoms with Gasteiger partial charge in [-0.2, -0.15) is 10.2 Å². The zero-order chi connectivity index (χ0) is 18.4. The van der Waals surface area contributed by atoms with Gasteiger partial charge in [0.25, 0.3) is 5.91 Å². The first kappa shape index (κ1) is 15.2. The van der Waals surface area contributed by atoms with Gasteiger partial charge >= 0.3 is 0 Å². The van der Waals surface area contributed by atoms with Crippen molar-refractivity contribution in [2.45, 2.75) is 0 Å². The average Bonchev–Trinajstić information content (AvgIpc) is 3.30. The number of carbonyl (C=O) groups is 1. The zero-order valence-electron chi connectivity index (χ0n) is 13.8. The molecule has 4 aromatic rings. The summed E-state index contributed by atoms with van der Waals surface area (Å²) in [5.74, 6) is 1.25. The number of amides is 1. The number of fused-ring (bicyclic) bond motifs is 4. The van der Waals surface area contributed by atoms with Gasteiger partial charge in [-0.25, -0.2) is 4.98 Å². The molecule has 0 bridgehead atoms. The van der Waals surface area contributed by atoms with Crippen molar-refractivity contribution >= 4 is 28.5 Å². The summed E-state index contributed by atoms with van der Waals surface area (Å²) in [6.07, 6.45) is 1.62. The van der Waals surface area contributed by atoms with Gasteiger partial charge in [-0.15, -0.1) is 0 Å². The molecular formula is C19H11N5O3. The second-order valence-corrected chi connectivity index (χ2v) is 5.91. The lowest BCUT2D eigenvalue weighted by molar-refractivity contribution is 0.102. The van der Waals surface area contributed by atoms with Gasteiger partial charge < -0.3 is 14.8 Å². The van der Waals surface area contributed by atoms with E-state index in [9.17, 15) is 10.1 Å². The number of hydrogen-bond acceptors (Lipinski definition) is 6. The Kier molecular flexibility index (Phi) is 3.20. The molecule has 0 atom stereocenters. The topological polar surface area (TPSA) is 102 Å². The van der Waals surface area contributed by atoms with Gasteiger partial charge in [0.15, 0.2) is 17.3 Å². The quantitative estimate of drug-likeness (QED) is 0.592. The predicted octanol–water partition coefficient (Wildman–Crippen LogP) is 2.74. The third-order valence-corrected chi connectivity index (χ3v) is 4.29. The molecule has 0 radical (unpaired) electrons. The summed E-state index contributed by atoms with van der Waals surface area (Å²) < 4.78 is 12.3. The molecule has 2 aromatic heterocycles. The van der Waals surface area contributed by atoms with E-state index in [1.165, 1.54) is 0 Å². The molecule has 0 saturated carbocycles. The number of hydrogen-bond donors (Lipinski definition) is 1. The van der Waals surface area contributed by atoms with Crippen LogP contribution in [0.3, 0.4) is 0 Å². The number of nitriles is 1. The maximum Gasteiger partial charge on any atom is 0.256 e. The number of rotatable bonds is 2. The van der Waals surface area contributed by atoms with Crippen LogP contribution in [0.5, 0.6) is 11.5 Å². The summed E-state index contributed by atoms with van der Waals surface area (Å²) >= 11 is 0. The summed E-state index contributed by atoms with van der Waals surface area (Å²) in [5, 5.41) is 12.2. The molecule has 27 heavy (non-hydrogen) atoms. The van der Waals surface area contributed by atoms with E-state index in [1.54, 1.807) is 28.8 Å². The molecule has 5 rings (SSSR count). The largest absolute Gasteiger partial charge is 0.454 e. The summed E-state index contributed by atoms with van der Waals surface area (Å²) in [5.41, 5.74) is 2.20. The minimum atomic E-state index is -0.405. The Balaban J connectivity index is 1.55. The Bertz CT molecular complexity index is 1270. The van der Waals surface area contributed by atoms with Crippen molar-refractivity contribution < 1.29 is 14.3 Å². The molecule has 3 heterocycles. The summed E-state index contributed by atoms with van der Waals surface area (Å²) in [4.78, 5) is 21.4. The number of para-hydroxylation sites is 2. The first-order valence-electron chi connectivity index (χ1n) is 8.12. The van der Waals surface area contributed by atoms with Crippen molar-refractivity contribution in [3.05, 3.63) is 59.8 Å². The highest BCUT2D eigenvalue weighted by atomic mass is 16.7.